The number of para-hydroxylation sites is 1. The van der Waals surface area contributed by atoms with Crippen LogP contribution in [0.4, 0.5) is 4.39 Å². The topological polar surface area (TPSA) is 71.7 Å². The predicted molar refractivity (Wildman–Crippen MR) is 117 cm³/mol. The molecular weight excluding hydrogens is 437 g/mol. The van der Waals surface area contributed by atoms with E-state index in [0.717, 1.165) is 0 Å². The van der Waals surface area contributed by atoms with Crippen LogP contribution < -0.4 is 4.80 Å². The van der Waals surface area contributed by atoms with E-state index in [1.54, 1.807) is 42.5 Å². The van der Waals surface area contributed by atoms with Gasteiger partial charge in [0.2, 0.25) is 10.0 Å². The van der Waals surface area contributed by atoms with E-state index in [1.807, 2.05) is 0 Å². The number of rotatable bonds is 4. The van der Waals surface area contributed by atoms with Gasteiger partial charge in [0.25, 0.3) is 5.91 Å². The normalized spacial score (nSPS) is 18.2. The lowest BCUT2D eigenvalue weighted by Crippen LogP contribution is -2.42. The number of thiazole rings is 1. The first-order valence-corrected chi connectivity index (χ1v) is 12.0. The van der Waals surface area contributed by atoms with E-state index < -0.39 is 27.7 Å². The van der Waals surface area contributed by atoms with Gasteiger partial charge in [0.1, 0.15) is 5.82 Å². The Morgan fingerprint density at radius 1 is 1.23 bits per heavy atom. The minimum Gasteiger partial charge on any atom is -0.302 e. The van der Waals surface area contributed by atoms with Crippen molar-refractivity contribution in [2.75, 3.05) is 13.1 Å². The Labute approximate surface area is 183 Å². The number of amides is 1. The first kappa shape index (κ1) is 21.4. The fourth-order valence-electron chi connectivity index (χ4n) is 3.70. The molecule has 2 aromatic carbocycles. The molecule has 1 saturated heterocycles. The maximum atomic E-state index is 14.3. The van der Waals surface area contributed by atoms with E-state index >= 15 is 0 Å². The molecule has 1 aromatic heterocycles. The summed E-state index contributed by atoms with van der Waals surface area (Å²) in [6.45, 7) is 0.492. The number of hydrogen-bond acceptors (Lipinski definition) is 4. The molecule has 0 bridgehead atoms. The molecule has 0 spiro atoms. The van der Waals surface area contributed by atoms with Crippen LogP contribution in [0.15, 0.2) is 58.4 Å². The number of piperidine rings is 1. The average molecular weight is 458 g/mol. The molecule has 1 amide bonds. The van der Waals surface area contributed by atoms with Gasteiger partial charge in [0.15, 0.2) is 4.80 Å². The highest BCUT2D eigenvalue weighted by atomic mass is 32.2. The van der Waals surface area contributed by atoms with Crippen molar-refractivity contribution in [3.8, 4) is 12.3 Å². The van der Waals surface area contributed by atoms with E-state index in [9.17, 15) is 17.6 Å². The molecule has 0 N–H and O–H groups in total. The second-order valence-corrected chi connectivity index (χ2v) is 10.2. The Morgan fingerprint density at radius 2 is 2.00 bits per heavy atom. The smallest absolute Gasteiger partial charge is 0.252 e. The summed E-state index contributed by atoms with van der Waals surface area (Å²) in [5.74, 6) is 1.04. The summed E-state index contributed by atoms with van der Waals surface area (Å²) in [7, 11) is -3.68. The molecule has 160 valence electrons. The molecule has 1 atom stereocenters. The summed E-state index contributed by atoms with van der Waals surface area (Å²) in [5, 5.41) is 0. The predicted octanol–water partition coefficient (Wildman–Crippen LogP) is 3.00. The third-order valence-electron chi connectivity index (χ3n) is 5.22. The van der Waals surface area contributed by atoms with Crippen molar-refractivity contribution in [2.24, 2.45) is 10.9 Å². The lowest BCUT2D eigenvalue weighted by Gasteiger charge is -2.30. The maximum absolute atomic E-state index is 14.3. The highest BCUT2D eigenvalue weighted by Gasteiger charge is 2.33. The van der Waals surface area contributed by atoms with E-state index in [0.29, 0.717) is 34.4 Å². The van der Waals surface area contributed by atoms with Crippen LogP contribution >= 0.6 is 11.3 Å². The number of carbonyl (C=O) groups is 1. The molecule has 1 aliphatic heterocycles. The molecule has 6 nitrogen and oxygen atoms in total. The summed E-state index contributed by atoms with van der Waals surface area (Å²) in [4.78, 5) is 17.7. The summed E-state index contributed by atoms with van der Waals surface area (Å²) >= 11 is 1.18. The summed E-state index contributed by atoms with van der Waals surface area (Å²) in [6, 6.07) is 12.8. The van der Waals surface area contributed by atoms with Crippen LogP contribution in [-0.2, 0) is 21.4 Å². The minimum atomic E-state index is -3.68. The van der Waals surface area contributed by atoms with Gasteiger partial charge in [-0.2, -0.15) is 9.30 Å². The number of aromatic nitrogens is 1. The van der Waals surface area contributed by atoms with Gasteiger partial charge in [0.05, 0.1) is 27.6 Å². The van der Waals surface area contributed by atoms with Crippen LogP contribution in [0.5, 0.6) is 0 Å². The zero-order valence-electron chi connectivity index (χ0n) is 16.6. The zero-order valence-corrected chi connectivity index (χ0v) is 18.2. The first-order valence-electron chi connectivity index (χ1n) is 9.77. The molecule has 0 radical (unpaired) electrons. The van der Waals surface area contributed by atoms with Crippen LogP contribution in [-0.4, -0.2) is 36.3 Å². The Morgan fingerprint density at radius 3 is 2.74 bits per heavy atom. The fourth-order valence-corrected chi connectivity index (χ4v) is 6.29. The van der Waals surface area contributed by atoms with Crippen molar-refractivity contribution in [2.45, 2.75) is 24.3 Å². The van der Waals surface area contributed by atoms with Gasteiger partial charge in [-0.3, -0.25) is 4.79 Å². The Bertz CT molecular complexity index is 1340. The van der Waals surface area contributed by atoms with Crippen molar-refractivity contribution in [1.29, 1.82) is 0 Å². The Kier molecular flexibility index (Phi) is 6.05. The van der Waals surface area contributed by atoms with Gasteiger partial charge in [-0.15, -0.1) is 6.42 Å². The van der Waals surface area contributed by atoms with Gasteiger partial charge in [0, 0.05) is 13.1 Å². The van der Waals surface area contributed by atoms with Gasteiger partial charge in [-0.1, -0.05) is 41.5 Å². The van der Waals surface area contributed by atoms with Gasteiger partial charge < -0.3 is 4.57 Å². The van der Waals surface area contributed by atoms with Crippen LogP contribution in [0.25, 0.3) is 10.2 Å². The molecule has 31 heavy (non-hydrogen) atoms. The van der Waals surface area contributed by atoms with E-state index in [4.69, 9.17) is 6.42 Å². The first-order chi connectivity index (χ1) is 14.9. The molecule has 1 aliphatic rings. The monoisotopic (exact) mass is 457 g/mol. The van der Waals surface area contributed by atoms with Crippen molar-refractivity contribution in [1.82, 2.24) is 8.87 Å². The lowest BCUT2D eigenvalue weighted by atomic mass is 9.99. The number of benzene rings is 2. The summed E-state index contributed by atoms with van der Waals surface area (Å²) in [6.07, 6.45) is 6.53. The second kappa shape index (κ2) is 8.75. The molecule has 0 saturated carbocycles. The molecule has 1 unspecified atom stereocenters. The summed E-state index contributed by atoms with van der Waals surface area (Å²) in [5.41, 5.74) is 0.314. The van der Waals surface area contributed by atoms with Crippen LogP contribution in [0.3, 0.4) is 0 Å². The van der Waals surface area contributed by atoms with Crippen LogP contribution in [0, 0.1) is 24.1 Å². The minimum absolute atomic E-state index is 0.0634. The second-order valence-electron chi connectivity index (χ2n) is 7.23. The third kappa shape index (κ3) is 4.19. The molecule has 9 heteroatoms. The quantitative estimate of drug-likeness (QED) is 0.566. The van der Waals surface area contributed by atoms with Crippen molar-refractivity contribution < 1.29 is 17.6 Å². The SMILES string of the molecule is C#CCn1c(=NC(=O)C2CCCN(S(=O)(=O)c3ccccc3)C2)sc2cccc(F)c21. The third-order valence-corrected chi connectivity index (χ3v) is 8.14. The zero-order chi connectivity index (χ0) is 22.0. The molecular formula is C22H20FN3O3S2. The molecule has 0 aliphatic carbocycles. The van der Waals surface area contributed by atoms with Crippen LogP contribution in [0.1, 0.15) is 12.8 Å². The van der Waals surface area contributed by atoms with Crippen molar-refractivity contribution in [3.63, 3.8) is 0 Å². The van der Waals surface area contributed by atoms with E-state index in [1.165, 1.54) is 26.3 Å². The Hall–Kier alpha value is -2.80. The number of hydrogen-bond donors (Lipinski definition) is 0. The average Bonchev–Trinajstić information content (AvgIpc) is 3.13. The van der Waals surface area contributed by atoms with Gasteiger partial charge in [-0.05, 0) is 37.1 Å². The van der Waals surface area contributed by atoms with Gasteiger partial charge in [-0.25, -0.2) is 12.8 Å². The highest BCUT2D eigenvalue weighted by molar-refractivity contribution is 7.89. The number of fused-ring (bicyclic) bond motifs is 1. The standard InChI is InChI=1S/C22H20FN3O3S2/c1-2-13-26-20-18(23)11-6-12-19(20)30-22(26)24-21(27)16-8-7-14-25(15-16)31(28,29)17-9-4-3-5-10-17/h1,3-6,9-12,16H,7-8,13-15H2. The fraction of sp³-hybridized carbons (Fsp3) is 0.273. The summed E-state index contributed by atoms with van der Waals surface area (Å²) < 4.78 is 43.7. The molecule has 1 fully saturated rings. The number of halogens is 1. The maximum Gasteiger partial charge on any atom is 0.252 e. The molecule has 4 rings (SSSR count). The largest absolute Gasteiger partial charge is 0.302 e. The van der Waals surface area contributed by atoms with E-state index in [2.05, 4.69) is 10.9 Å². The highest BCUT2D eigenvalue weighted by Crippen LogP contribution is 2.25. The van der Waals surface area contributed by atoms with Crippen LogP contribution in [0.2, 0.25) is 0 Å². The molecule has 2 heterocycles. The van der Waals surface area contributed by atoms with Gasteiger partial charge >= 0.3 is 0 Å². The Balaban J connectivity index is 1.65. The lowest BCUT2D eigenvalue weighted by molar-refractivity contribution is -0.122. The number of nitrogens with zero attached hydrogens (tertiary/aromatic N) is 3. The molecule has 3 aromatic rings. The number of carbonyl (C=O) groups excluding carboxylic acids is 1. The van der Waals surface area contributed by atoms with E-state index in [-0.39, 0.29) is 18.0 Å². The van der Waals surface area contributed by atoms with Crippen molar-refractivity contribution in [3.05, 3.63) is 59.1 Å². The number of sulfonamides is 1. The van der Waals surface area contributed by atoms with Crippen molar-refractivity contribution >= 4 is 37.5 Å². The number of terminal acetylenes is 1.